The average Bonchev–Trinajstić information content (AvgIpc) is 3.31. The molecule has 0 bridgehead atoms. The van der Waals surface area contributed by atoms with Crippen LogP contribution in [0.4, 0.5) is 0 Å². The van der Waals surface area contributed by atoms with Crippen LogP contribution in [0.2, 0.25) is 0 Å². The molecular formula is C76H148O17P2. The maximum Gasteiger partial charge on any atom is 0.472 e. The standard InChI is InChI=1S/C76H148O17P2/c1-7-9-11-13-15-17-18-19-20-21-22-23-24-29-36-42-48-54-60-75(80)93-72(65-87-74(79)59-53-47-41-35-30-25-27-33-38-44-50-56-68(3)4)67-91-95(84,85)89-63-70(77)62-88-94(82,83)90-66-71(64-86-73(78)58-52-46-40-32-16-14-12-10-8-2)92-76(81)61-55-49-43-37-31-26-28-34-39-45-51-57-69(5)6/h68-72,77H,7-67H2,1-6H3,(H,82,83)(H,84,85)/t70-,71+,72+/m0/s1. The van der Waals surface area contributed by atoms with Gasteiger partial charge in [0, 0.05) is 25.7 Å². The van der Waals surface area contributed by atoms with E-state index in [0.717, 1.165) is 102 Å². The zero-order valence-electron chi connectivity index (χ0n) is 62.0. The zero-order chi connectivity index (χ0) is 70.0. The molecule has 564 valence electrons. The van der Waals surface area contributed by atoms with Crippen LogP contribution in [0.1, 0.15) is 395 Å². The number of carbonyl (C=O) groups excluding carboxylic acids is 4. The fourth-order valence-electron chi connectivity index (χ4n) is 11.7. The third-order valence-corrected chi connectivity index (χ3v) is 19.6. The third kappa shape index (κ3) is 70.3. The molecule has 0 aromatic carbocycles. The van der Waals surface area contributed by atoms with Gasteiger partial charge in [-0.15, -0.1) is 0 Å². The van der Waals surface area contributed by atoms with Crippen LogP contribution in [-0.4, -0.2) is 96.7 Å². The Morgan fingerprint density at radius 3 is 0.716 bits per heavy atom. The summed E-state index contributed by atoms with van der Waals surface area (Å²) in [6.45, 7) is 9.59. The van der Waals surface area contributed by atoms with Crippen molar-refractivity contribution in [1.82, 2.24) is 0 Å². The predicted octanol–water partition coefficient (Wildman–Crippen LogP) is 22.3. The number of carbonyl (C=O) groups is 4. The van der Waals surface area contributed by atoms with E-state index in [2.05, 4.69) is 41.5 Å². The summed E-state index contributed by atoms with van der Waals surface area (Å²) in [5.41, 5.74) is 0. The number of ether oxygens (including phenoxy) is 4. The van der Waals surface area contributed by atoms with Gasteiger partial charge in [-0.25, -0.2) is 9.13 Å². The molecule has 17 nitrogen and oxygen atoms in total. The van der Waals surface area contributed by atoms with Gasteiger partial charge in [0.25, 0.3) is 0 Å². The minimum Gasteiger partial charge on any atom is -0.462 e. The molecular weight excluding hydrogens is 1250 g/mol. The van der Waals surface area contributed by atoms with Gasteiger partial charge in [0.2, 0.25) is 0 Å². The number of unbranched alkanes of at least 4 members (excludes halogenated alkanes) is 45. The van der Waals surface area contributed by atoms with Gasteiger partial charge >= 0.3 is 39.5 Å². The van der Waals surface area contributed by atoms with Gasteiger partial charge < -0.3 is 33.8 Å². The lowest BCUT2D eigenvalue weighted by Crippen LogP contribution is -2.30. The molecule has 0 heterocycles. The Kier molecular flexibility index (Phi) is 66.5. The molecule has 5 atom stereocenters. The fraction of sp³-hybridized carbons (Fsp3) is 0.947. The number of phosphoric acid groups is 2. The monoisotopic (exact) mass is 1400 g/mol. The summed E-state index contributed by atoms with van der Waals surface area (Å²) in [5.74, 6) is -0.579. The Morgan fingerprint density at radius 2 is 0.484 bits per heavy atom. The Bertz CT molecular complexity index is 1840. The molecule has 0 aliphatic carbocycles. The number of esters is 4. The molecule has 0 radical (unpaired) electrons. The van der Waals surface area contributed by atoms with Crippen molar-refractivity contribution >= 4 is 39.5 Å². The molecule has 0 saturated heterocycles. The van der Waals surface area contributed by atoms with Crippen molar-refractivity contribution in [3.8, 4) is 0 Å². The highest BCUT2D eigenvalue weighted by molar-refractivity contribution is 7.47. The van der Waals surface area contributed by atoms with Crippen LogP contribution in [0.5, 0.6) is 0 Å². The van der Waals surface area contributed by atoms with Crippen molar-refractivity contribution < 1.29 is 80.2 Å². The van der Waals surface area contributed by atoms with Crippen LogP contribution >= 0.6 is 15.6 Å². The Morgan fingerprint density at radius 1 is 0.284 bits per heavy atom. The second-order valence-electron chi connectivity index (χ2n) is 28.3. The first-order valence-electron chi connectivity index (χ1n) is 39.5. The first-order valence-corrected chi connectivity index (χ1v) is 42.5. The van der Waals surface area contributed by atoms with E-state index in [4.69, 9.17) is 37.0 Å². The first kappa shape index (κ1) is 93.1. The smallest absolute Gasteiger partial charge is 0.462 e. The van der Waals surface area contributed by atoms with Crippen molar-refractivity contribution in [2.45, 2.75) is 413 Å². The summed E-state index contributed by atoms with van der Waals surface area (Å²) in [6, 6.07) is 0. The van der Waals surface area contributed by atoms with Gasteiger partial charge in [0.15, 0.2) is 12.2 Å². The quantitative estimate of drug-likeness (QED) is 0.0222. The van der Waals surface area contributed by atoms with E-state index < -0.39 is 97.5 Å². The molecule has 0 amide bonds. The summed E-state index contributed by atoms with van der Waals surface area (Å²) >= 11 is 0. The molecule has 2 unspecified atom stereocenters. The Hall–Kier alpha value is -1.94. The summed E-state index contributed by atoms with van der Waals surface area (Å²) < 4.78 is 68.5. The van der Waals surface area contributed by atoms with Crippen LogP contribution in [0.3, 0.4) is 0 Å². The average molecular weight is 1400 g/mol. The first-order chi connectivity index (χ1) is 45.9. The van der Waals surface area contributed by atoms with E-state index in [1.165, 1.54) is 212 Å². The Labute approximate surface area is 581 Å². The van der Waals surface area contributed by atoms with E-state index >= 15 is 0 Å². The number of phosphoric ester groups is 2. The highest BCUT2D eigenvalue weighted by Gasteiger charge is 2.30. The lowest BCUT2D eigenvalue weighted by atomic mass is 10.0. The Balaban J connectivity index is 5.23. The van der Waals surface area contributed by atoms with E-state index in [1.807, 2.05) is 0 Å². The summed E-state index contributed by atoms with van der Waals surface area (Å²) in [6.07, 6.45) is 55.4. The molecule has 0 fully saturated rings. The van der Waals surface area contributed by atoms with E-state index in [1.54, 1.807) is 0 Å². The van der Waals surface area contributed by atoms with Crippen LogP contribution in [0, 0.1) is 11.8 Å². The van der Waals surface area contributed by atoms with Crippen molar-refractivity contribution in [2.75, 3.05) is 39.6 Å². The SMILES string of the molecule is CCCCCCCCCCCCCCCCCCCCC(=O)O[C@H](COC(=O)CCCCCCCCCCCCCC(C)C)COP(=O)(O)OC[C@@H](O)COP(=O)(O)OC[C@@H](COC(=O)CCCCCCCCCCC)OC(=O)CCCCCCCCCCCCCC(C)C. The molecule has 0 aliphatic heterocycles. The number of hydrogen-bond donors (Lipinski definition) is 3. The molecule has 19 heteroatoms. The number of aliphatic hydroxyl groups is 1. The highest BCUT2D eigenvalue weighted by Crippen LogP contribution is 2.45. The molecule has 0 saturated carbocycles. The maximum atomic E-state index is 13.1. The molecule has 0 aromatic heterocycles. The minimum atomic E-state index is -4.96. The maximum absolute atomic E-state index is 13.1. The van der Waals surface area contributed by atoms with Crippen LogP contribution in [-0.2, 0) is 65.4 Å². The van der Waals surface area contributed by atoms with Crippen LogP contribution < -0.4 is 0 Å². The van der Waals surface area contributed by atoms with Gasteiger partial charge in [-0.2, -0.15) is 0 Å². The van der Waals surface area contributed by atoms with Gasteiger partial charge in [0.05, 0.1) is 26.4 Å². The summed E-state index contributed by atoms with van der Waals surface area (Å²) in [4.78, 5) is 72.8. The predicted molar refractivity (Wildman–Crippen MR) is 386 cm³/mol. The topological polar surface area (TPSA) is 237 Å². The second kappa shape index (κ2) is 67.9. The second-order valence-corrected chi connectivity index (χ2v) is 31.3. The van der Waals surface area contributed by atoms with Gasteiger partial charge in [-0.3, -0.25) is 37.3 Å². The molecule has 0 aromatic rings. The molecule has 95 heavy (non-hydrogen) atoms. The zero-order valence-corrected chi connectivity index (χ0v) is 63.8. The van der Waals surface area contributed by atoms with Crippen molar-refractivity contribution in [3.63, 3.8) is 0 Å². The third-order valence-electron chi connectivity index (χ3n) is 17.7. The number of aliphatic hydroxyl groups excluding tert-OH is 1. The lowest BCUT2D eigenvalue weighted by Gasteiger charge is -2.21. The number of hydrogen-bond acceptors (Lipinski definition) is 15. The molecule has 0 rings (SSSR count). The molecule has 3 N–H and O–H groups in total. The van der Waals surface area contributed by atoms with E-state index in [9.17, 15) is 43.2 Å². The summed E-state index contributed by atoms with van der Waals surface area (Å²) in [5, 5.41) is 10.6. The molecule has 0 aliphatic rings. The fourth-order valence-corrected chi connectivity index (χ4v) is 13.2. The van der Waals surface area contributed by atoms with Crippen molar-refractivity contribution in [3.05, 3.63) is 0 Å². The largest absolute Gasteiger partial charge is 0.472 e. The number of rotatable bonds is 75. The highest BCUT2D eigenvalue weighted by atomic mass is 31.2. The van der Waals surface area contributed by atoms with E-state index in [0.29, 0.717) is 25.7 Å². The normalized spacial score (nSPS) is 14.0. The lowest BCUT2D eigenvalue weighted by molar-refractivity contribution is -0.161. The van der Waals surface area contributed by atoms with Crippen LogP contribution in [0.25, 0.3) is 0 Å². The molecule has 0 spiro atoms. The van der Waals surface area contributed by atoms with Crippen molar-refractivity contribution in [2.24, 2.45) is 11.8 Å². The van der Waals surface area contributed by atoms with Gasteiger partial charge in [-0.05, 0) is 37.5 Å². The van der Waals surface area contributed by atoms with Gasteiger partial charge in [-0.1, -0.05) is 343 Å². The van der Waals surface area contributed by atoms with E-state index in [-0.39, 0.29) is 25.7 Å². The summed E-state index contributed by atoms with van der Waals surface area (Å²) in [7, 11) is -9.91. The minimum absolute atomic E-state index is 0.107. The van der Waals surface area contributed by atoms with Crippen molar-refractivity contribution in [1.29, 1.82) is 0 Å². The van der Waals surface area contributed by atoms with Gasteiger partial charge in [0.1, 0.15) is 19.3 Å². The van der Waals surface area contributed by atoms with Crippen LogP contribution in [0.15, 0.2) is 0 Å².